The summed E-state index contributed by atoms with van der Waals surface area (Å²) >= 11 is -0.222. The van der Waals surface area contributed by atoms with Crippen molar-refractivity contribution >= 4 is 17.6 Å². The molecule has 0 spiro atoms. The van der Waals surface area contributed by atoms with Gasteiger partial charge in [0.25, 0.3) is 0 Å². The molecule has 1 aliphatic carbocycles. The van der Waals surface area contributed by atoms with Crippen LogP contribution in [0, 0.1) is 0 Å². The number of carbonyl (C=O) groups is 2. The van der Waals surface area contributed by atoms with Crippen LogP contribution in [0.25, 0.3) is 6.08 Å². The van der Waals surface area contributed by atoms with Gasteiger partial charge in [0.2, 0.25) is 0 Å². The summed E-state index contributed by atoms with van der Waals surface area (Å²) in [6.07, 6.45) is 1.97. The number of carbonyl (C=O) groups excluding carboxylic acids is 2. The van der Waals surface area contributed by atoms with Crippen LogP contribution < -0.4 is 25.9 Å². The summed E-state index contributed by atoms with van der Waals surface area (Å²) in [4.78, 5) is 25.9. The molecular weight excluding hydrogens is 435 g/mol. The molecule has 5 nitrogen and oxygen atoms in total. The van der Waals surface area contributed by atoms with Gasteiger partial charge in [0.1, 0.15) is 0 Å². The van der Waals surface area contributed by atoms with Crippen LogP contribution >= 0.6 is 0 Å². The fraction of sp³-hybridized carbons (Fsp3) is 0.158. The van der Waals surface area contributed by atoms with Crippen LogP contribution in [0.4, 0.5) is 0 Å². The maximum absolute atomic E-state index is 12.9. The number of phenolic OH excluding ortho intramolecular Hbond substituents is 2. The average molecular weight is 449 g/mol. The Bertz CT molecular complexity index is 1000. The molecule has 25 heavy (non-hydrogen) atoms. The second-order valence-corrected chi connectivity index (χ2v) is 9.17. The SMILES string of the molecule is COc1cc(O)c2c(c1)C(=O)c1cc3c(c(O)c1C2=O)C[I-]C(C)=C3. The van der Waals surface area contributed by atoms with Gasteiger partial charge in [-0.25, -0.2) is 0 Å². The first-order valence-corrected chi connectivity index (χ1v) is 10.2. The van der Waals surface area contributed by atoms with E-state index in [2.05, 4.69) is 0 Å². The number of ketones is 2. The Morgan fingerprint density at radius 3 is 2.48 bits per heavy atom. The van der Waals surface area contributed by atoms with Gasteiger partial charge in [-0.1, -0.05) is 0 Å². The average Bonchev–Trinajstić information content (AvgIpc) is 2.58. The summed E-state index contributed by atoms with van der Waals surface area (Å²) < 4.78 is 7.07. The molecule has 0 amide bonds. The van der Waals surface area contributed by atoms with Gasteiger partial charge in [-0.15, -0.1) is 0 Å². The summed E-state index contributed by atoms with van der Waals surface area (Å²) in [7, 11) is 1.42. The third-order valence-electron chi connectivity index (χ3n) is 4.48. The fourth-order valence-corrected chi connectivity index (χ4v) is 5.58. The number of methoxy groups -OCH3 is 1. The number of alkyl halides is 1. The molecule has 4 rings (SSSR count). The zero-order valence-electron chi connectivity index (χ0n) is 13.5. The first-order chi connectivity index (χ1) is 11.9. The minimum absolute atomic E-state index is 0.00585. The molecule has 2 N–H and O–H groups in total. The standard InChI is InChI=1S/C19H14IO5/c1-8-3-9-4-11-16(18(23)13(9)7-20-8)19(24)15-12(17(11)22)5-10(25-2)6-14(15)21/h3-6,21,23H,7H2,1-2H3/q-1. The summed E-state index contributed by atoms with van der Waals surface area (Å²) in [5.41, 5.74) is 1.69. The van der Waals surface area contributed by atoms with E-state index >= 15 is 0 Å². The maximum atomic E-state index is 12.9. The molecule has 2 aromatic carbocycles. The number of benzene rings is 2. The van der Waals surface area contributed by atoms with Crippen LogP contribution in [0.1, 0.15) is 49.9 Å². The van der Waals surface area contributed by atoms with E-state index in [0.29, 0.717) is 5.75 Å². The molecule has 0 saturated carbocycles. The Kier molecular flexibility index (Phi) is 3.61. The Labute approximate surface area is 154 Å². The van der Waals surface area contributed by atoms with Crippen molar-refractivity contribution in [3.8, 4) is 17.2 Å². The molecule has 0 radical (unpaired) electrons. The number of allylic oxidation sites excluding steroid dienone is 1. The molecule has 0 bridgehead atoms. The third-order valence-corrected chi connectivity index (χ3v) is 7.13. The fourth-order valence-electron chi connectivity index (χ4n) is 3.24. The van der Waals surface area contributed by atoms with Gasteiger partial charge in [-0.2, -0.15) is 0 Å². The first kappa shape index (κ1) is 16.1. The van der Waals surface area contributed by atoms with E-state index in [1.54, 1.807) is 6.07 Å². The molecule has 2 aliphatic rings. The van der Waals surface area contributed by atoms with E-state index in [1.807, 2.05) is 13.0 Å². The monoisotopic (exact) mass is 449 g/mol. The van der Waals surface area contributed by atoms with Crippen molar-refractivity contribution in [3.05, 3.63) is 55.2 Å². The van der Waals surface area contributed by atoms with E-state index in [-0.39, 0.29) is 55.0 Å². The van der Waals surface area contributed by atoms with Crippen LogP contribution in [-0.2, 0) is 4.43 Å². The number of hydrogen-bond acceptors (Lipinski definition) is 5. The van der Waals surface area contributed by atoms with Gasteiger partial charge in [0.05, 0.1) is 0 Å². The summed E-state index contributed by atoms with van der Waals surface area (Å²) in [5.74, 6) is -1.09. The summed E-state index contributed by atoms with van der Waals surface area (Å²) in [6, 6.07) is 4.42. The molecule has 6 heteroatoms. The molecule has 2 aromatic rings. The Morgan fingerprint density at radius 1 is 1.04 bits per heavy atom. The minimum atomic E-state index is -0.533. The molecule has 1 heterocycles. The third kappa shape index (κ3) is 2.27. The molecule has 0 atom stereocenters. The topological polar surface area (TPSA) is 83.8 Å². The van der Waals surface area contributed by atoms with Crippen LogP contribution in [0.15, 0.2) is 21.8 Å². The summed E-state index contributed by atoms with van der Waals surface area (Å²) in [6.45, 7) is 2.04. The number of fused-ring (bicyclic) bond motifs is 3. The molecule has 0 saturated heterocycles. The van der Waals surface area contributed by atoms with Crippen molar-refractivity contribution < 1.29 is 45.7 Å². The molecular formula is C19H14IO5-. The van der Waals surface area contributed by atoms with Crippen LogP contribution in [0.3, 0.4) is 0 Å². The predicted octanol–water partition coefficient (Wildman–Crippen LogP) is -0.155. The molecule has 0 unspecified atom stereocenters. The van der Waals surface area contributed by atoms with Gasteiger partial charge >= 0.3 is 154 Å². The van der Waals surface area contributed by atoms with E-state index < -0.39 is 11.6 Å². The van der Waals surface area contributed by atoms with Crippen molar-refractivity contribution in [3.63, 3.8) is 0 Å². The van der Waals surface area contributed by atoms with Gasteiger partial charge in [0.15, 0.2) is 0 Å². The number of rotatable bonds is 1. The van der Waals surface area contributed by atoms with Crippen molar-refractivity contribution in [1.29, 1.82) is 0 Å². The number of halogens is 1. The Hall–Kier alpha value is -2.35. The number of phenols is 2. The number of hydrogen-bond donors (Lipinski definition) is 2. The summed E-state index contributed by atoms with van der Waals surface area (Å²) in [5, 5.41) is 20.9. The van der Waals surface area contributed by atoms with Crippen molar-refractivity contribution in [1.82, 2.24) is 0 Å². The predicted molar refractivity (Wildman–Crippen MR) is 87.0 cm³/mol. The van der Waals surface area contributed by atoms with Gasteiger partial charge in [-0.05, 0) is 0 Å². The zero-order valence-corrected chi connectivity index (χ0v) is 15.7. The quantitative estimate of drug-likeness (QED) is 0.399. The number of ether oxygens (including phenoxy) is 1. The first-order valence-electron chi connectivity index (χ1n) is 7.59. The van der Waals surface area contributed by atoms with Crippen LogP contribution in [0.2, 0.25) is 0 Å². The molecule has 0 fully saturated rings. The molecule has 1 aliphatic heterocycles. The van der Waals surface area contributed by atoms with Crippen LogP contribution in [-0.4, -0.2) is 28.9 Å². The van der Waals surface area contributed by atoms with E-state index in [0.717, 1.165) is 15.6 Å². The van der Waals surface area contributed by atoms with Crippen molar-refractivity contribution in [2.45, 2.75) is 11.4 Å². The second kappa shape index (κ2) is 5.59. The van der Waals surface area contributed by atoms with Crippen molar-refractivity contribution in [2.75, 3.05) is 7.11 Å². The van der Waals surface area contributed by atoms with Crippen LogP contribution in [0.5, 0.6) is 17.2 Å². The Balaban J connectivity index is 2.02. The van der Waals surface area contributed by atoms with E-state index in [9.17, 15) is 19.8 Å². The normalized spacial score (nSPS) is 15.5. The van der Waals surface area contributed by atoms with Crippen molar-refractivity contribution in [2.24, 2.45) is 0 Å². The van der Waals surface area contributed by atoms with E-state index in [4.69, 9.17) is 4.74 Å². The zero-order chi connectivity index (χ0) is 17.9. The second-order valence-electron chi connectivity index (χ2n) is 5.94. The van der Waals surface area contributed by atoms with Gasteiger partial charge < -0.3 is 0 Å². The van der Waals surface area contributed by atoms with E-state index in [1.165, 1.54) is 22.8 Å². The molecule has 0 aromatic heterocycles. The number of aromatic hydroxyl groups is 2. The molecule has 128 valence electrons. The van der Waals surface area contributed by atoms with Gasteiger partial charge in [-0.3, -0.25) is 0 Å². The Morgan fingerprint density at radius 2 is 1.76 bits per heavy atom. The van der Waals surface area contributed by atoms with Gasteiger partial charge in [0, 0.05) is 0 Å².